The van der Waals surface area contributed by atoms with Crippen molar-refractivity contribution in [3.05, 3.63) is 0 Å². The second-order valence-electron chi connectivity index (χ2n) is 3.02. The highest BCUT2D eigenvalue weighted by atomic mass is 127. The van der Waals surface area contributed by atoms with Crippen LogP contribution in [0.2, 0.25) is 0 Å². The molecule has 3 heteroatoms. The highest BCUT2D eigenvalue weighted by molar-refractivity contribution is 14.1. The van der Waals surface area contributed by atoms with E-state index in [1.54, 1.807) is 0 Å². The molecule has 0 aliphatic rings. The Labute approximate surface area is 112 Å². The fourth-order valence-electron chi connectivity index (χ4n) is 0.981. The van der Waals surface area contributed by atoms with Crippen LogP contribution < -0.4 is 0 Å². The minimum absolute atomic E-state index is 0.707. The second-order valence-corrected chi connectivity index (χ2v) is 7.56. The van der Waals surface area contributed by atoms with Crippen LogP contribution in [0.25, 0.3) is 0 Å². The summed E-state index contributed by atoms with van der Waals surface area (Å²) in [4.78, 5) is 0.707. The van der Waals surface area contributed by atoms with Gasteiger partial charge in [-0.25, -0.2) is 0 Å². The van der Waals surface area contributed by atoms with Crippen molar-refractivity contribution in [3.8, 4) is 0 Å². The van der Waals surface area contributed by atoms with Crippen LogP contribution in [0.5, 0.6) is 0 Å². The molecule has 3 unspecified atom stereocenters. The van der Waals surface area contributed by atoms with Crippen molar-refractivity contribution in [3.63, 3.8) is 0 Å². The van der Waals surface area contributed by atoms with E-state index in [4.69, 9.17) is 0 Å². The lowest BCUT2D eigenvalue weighted by Crippen LogP contribution is -2.14. The first-order chi connectivity index (χ1) is 5.61. The van der Waals surface area contributed by atoms with Crippen LogP contribution in [0.3, 0.4) is 0 Å². The molecule has 74 valence electrons. The Kier molecular flexibility index (Phi) is 9.60. The highest BCUT2D eigenvalue weighted by Gasteiger charge is 2.14. The number of hydrogen-bond acceptors (Lipinski definition) is 0. The van der Waals surface area contributed by atoms with E-state index in [2.05, 4.69) is 75.0 Å². The molecule has 0 saturated heterocycles. The Balaban J connectivity index is 3.49. The molecule has 0 aliphatic carbocycles. The predicted octanol–water partition coefficient (Wildman–Crippen LogP) is 4.96. The van der Waals surface area contributed by atoms with Gasteiger partial charge in [0.2, 0.25) is 0 Å². The molecule has 0 aromatic carbocycles. The summed E-state index contributed by atoms with van der Waals surface area (Å²) in [7, 11) is 0. The molecular weight excluding hydrogens is 442 g/mol. The van der Waals surface area contributed by atoms with Gasteiger partial charge in [0, 0.05) is 12.7 Å². The van der Waals surface area contributed by atoms with Crippen molar-refractivity contribution in [1.29, 1.82) is 0 Å². The molecule has 0 fully saturated rings. The fourth-order valence-corrected chi connectivity index (χ4v) is 2.47. The Morgan fingerprint density at radius 2 is 1.67 bits per heavy atom. The fraction of sp³-hybridized carbons (Fsp3) is 1.00. The van der Waals surface area contributed by atoms with E-state index < -0.39 is 0 Å². The van der Waals surface area contributed by atoms with Gasteiger partial charge in [-0.15, -0.1) is 0 Å². The zero-order chi connectivity index (χ0) is 9.56. The molecule has 0 aliphatic heterocycles. The quantitative estimate of drug-likeness (QED) is 0.390. The van der Waals surface area contributed by atoms with Gasteiger partial charge in [0.05, 0.1) is 0 Å². The van der Waals surface area contributed by atoms with Crippen LogP contribution in [0.4, 0.5) is 0 Å². The summed E-state index contributed by atoms with van der Waals surface area (Å²) in [6, 6.07) is 0. The number of hydrogen-bond donors (Lipinski definition) is 0. The Hall–Kier alpha value is 1.94. The van der Waals surface area contributed by atoms with Gasteiger partial charge in [0.25, 0.3) is 0 Å². The van der Waals surface area contributed by atoms with E-state index in [0.717, 1.165) is 7.85 Å². The summed E-state index contributed by atoms with van der Waals surface area (Å²) in [5.74, 6) is 0. The lowest BCUT2D eigenvalue weighted by molar-refractivity contribution is 0.661. The molecule has 0 spiro atoms. The van der Waals surface area contributed by atoms with E-state index in [1.807, 2.05) is 0 Å². The van der Waals surface area contributed by atoms with Crippen molar-refractivity contribution in [2.45, 2.75) is 52.2 Å². The van der Waals surface area contributed by atoms with Gasteiger partial charge >= 0.3 is 0 Å². The molecule has 0 aromatic rings. The van der Waals surface area contributed by atoms with Gasteiger partial charge in [-0.1, -0.05) is 75.0 Å². The zero-order valence-electron chi connectivity index (χ0n) is 7.69. The molecule has 0 N–H and O–H groups in total. The molecular formula is C9H17BrI2. The SMILES string of the molecule is CCC(I)CCC(I)C(Br)CC. The van der Waals surface area contributed by atoms with Crippen LogP contribution in [-0.2, 0) is 0 Å². The second kappa shape index (κ2) is 8.26. The summed E-state index contributed by atoms with van der Waals surface area (Å²) in [6.45, 7) is 4.51. The molecule has 12 heavy (non-hydrogen) atoms. The maximum absolute atomic E-state index is 3.70. The summed E-state index contributed by atoms with van der Waals surface area (Å²) in [5.41, 5.74) is 0. The lowest BCUT2D eigenvalue weighted by Gasteiger charge is -2.16. The normalized spacial score (nSPS) is 18.8. The third-order valence-corrected chi connectivity index (χ3v) is 7.25. The number of rotatable bonds is 6. The zero-order valence-corrected chi connectivity index (χ0v) is 13.6. The monoisotopic (exact) mass is 458 g/mol. The van der Waals surface area contributed by atoms with Crippen molar-refractivity contribution >= 4 is 61.1 Å². The van der Waals surface area contributed by atoms with E-state index in [1.165, 1.54) is 25.7 Å². The van der Waals surface area contributed by atoms with E-state index in [9.17, 15) is 0 Å². The summed E-state index contributed by atoms with van der Waals surface area (Å²) < 4.78 is 1.67. The predicted molar refractivity (Wildman–Crippen MR) is 78.1 cm³/mol. The van der Waals surface area contributed by atoms with Gasteiger partial charge in [0.1, 0.15) is 0 Å². The summed E-state index contributed by atoms with van der Waals surface area (Å²) >= 11 is 8.83. The van der Waals surface area contributed by atoms with Crippen molar-refractivity contribution < 1.29 is 0 Å². The molecule has 0 nitrogen and oxygen atoms in total. The van der Waals surface area contributed by atoms with Crippen LogP contribution >= 0.6 is 61.1 Å². The minimum Gasteiger partial charge on any atom is -0.0879 e. The smallest absolute Gasteiger partial charge is 0.0261 e. The Morgan fingerprint density at radius 3 is 2.08 bits per heavy atom. The third kappa shape index (κ3) is 6.40. The molecule has 3 atom stereocenters. The van der Waals surface area contributed by atoms with Gasteiger partial charge in [0.15, 0.2) is 0 Å². The lowest BCUT2D eigenvalue weighted by atomic mass is 10.1. The standard InChI is InChI=1S/C9H17BrI2/c1-3-7(11)5-6-9(12)8(10)4-2/h7-9H,3-6H2,1-2H3. The summed E-state index contributed by atoms with van der Waals surface area (Å²) in [5, 5.41) is 0. The average molecular weight is 459 g/mol. The average Bonchev–Trinajstić information content (AvgIpc) is 2.11. The topological polar surface area (TPSA) is 0 Å². The van der Waals surface area contributed by atoms with E-state index in [0.29, 0.717) is 4.83 Å². The van der Waals surface area contributed by atoms with Gasteiger partial charge in [-0.05, 0) is 25.7 Å². The molecule has 0 bridgehead atoms. The minimum atomic E-state index is 0.707. The van der Waals surface area contributed by atoms with Crippen LogP contribution in [-0.4, -0.2) is 12.7 Å². The Morgan fingerprint density at radius 1 is 1.08 bits per heavy atom. The van der Waals surface area contributed by atoms with E-state index in [-0.39, 0.29) is 0 Å². The summed E-state index contributed by atoms with van der Waals surface area (Å²) in [6.07, 6.45) is 5.27. The first kappa shape index (κ1) is 13.9. The first-order valence-corrected chi connectivity index (χ1v) is 7.94. The molecule has 0 heterocycles. The third-order valence-electron chi connectivity index (χ3n) is 1.98. The molecule has 0 radical (unpaired) electrons. The van der Waals surface area contributed by atoms with Crippen LogP contribution in [0.1, 0.15) is 39.5 Å². The first-order valence-electron chi connectivity index (χ1n) is 4.54. The van der Waals surface area contributed by atoms with Crippen molar-refractivity contribution in [2.75, 3.05) is 0 Å². The maximum Gasteiger partial charge on any atom is 0.0261 e. The molecule has 0 aromatic heterocycles. The van der Waals surface area contributed by atoms with Crippen LogP contribution in [0, 0.1) is 0 Å². The van der Waals surface area contributed by atoms with Gasteiger partial charge in [-0.3, -0.25) is 0 Å². The van der Waals surface area contributed by atoms with Gasteiger partial charge < -0.3 is 0 Å². The van der Waals surface area contributed by atoms with Crippen molar-refractivity contribution in [1.82, 2.24) is 0 Å². The van der Waals surface area contributed by atoms with Crippen molar-refractivity contribution in [2.24, 2.45) is 0 Å². The molecule has 0 rings (SSSR count). The molecule has 0 saturated carbocycles. The largest absolute Gasteiger partial charge is 0.0879 e. The van der Waals surface area contributed by atoms with E-state index >= 15 is 0 Å². The van der Waals surface area contributed by atoms with Crippen LogP contribution in [0.15, 0.2) is 0 Å². The number of halogens is 3. The number of alkyl halides is 3. The highest BCUT2D eigenvalue weighted by Crippen LogP contribution is 2.25. The Bertz CT molecular complexity index is 109. The molecule has 0 amide bonds. The van der Waals surface area contributed by atoms with Gasteiger partial charge in [-0.2, -0.15) is 0 Å². The maximum atomic E-state index is 3.70.